The van der Waals surface area contributed by atoms with Gasteiger partial charge in [0.1, 0.15) is 11.4 Å². The summed E-state index contributed by atoms with van der Waals surface area (Å²) in [5, 5.41) is 2.25. The van der Waals surface area contributed by atoms with Gasteiger partial charge in [0.2, 0.25) is 0 Å². The molecule has 2 fully saturated rings. The molecular formula is C17H20N2O4. The number of carbonyl (C=O) groups excluding carboxylic acids is 2. The van der Waals surface area contributed by atoms with E-state index in [4.69, 9.17) is 9.47 Å². The molecule has 2 aliphatic rings. The lowest BCUT2D eigenvalue weighted by atomic mass is 10.2. The van der Waals surface area contributed by atoms with Gasteiger partial charge in [-0.1, -0.05) is 25.0 Å². The van der Waals surface area contributed by atoms with Crippen LogP contribution in [0.2, 0.25) is 0 Å². The van der Waals surface area contributed by atoms with Crippen molar-refractivity contribution in [1.82, 2.24) is 10.2 Å². The number of likely N-dealkylation sites (N-methyl/N-ethyl adjacent to an activating group) is 1. The number of imide groups is 1. The Morgan fingerprint density at radius 1 is 1.30 bits per heavy atom. The lowest BCUT2D eigenvalue weighted by Gasteiger charge is -2.12. The minimum atomic E-state index is -0.418. The van der Waals surface area contributed by atoms with Gasteiger partial charge in [0.15, 0.2) is 6.79 Å². The van der Waals surface area contributed by atoms with E-state index in [1.165, 1.54) is 17.7 Å². The van der Waals surface area contributed by atoms with Crippen LogP contribution in [-0.4, -0.2) is 36.8 Å². The van der Waals surface area contributed by atoms with Gasteiger partial charge in [-0.15, -0.1) is 0 Å². The molecule has 3 amide bonds. The minimum Gasteiger partial charge on any atom is -0.468 e. The van der Waals surface area contributed by atoms with Crippen LogP contribution in [0.1, 0.15) is 31.2 Å². The first-order chi connectivity index (χ1) is 11.1. The first-order valence-electron chi connectivity index (χ1n) is 7.79. The molecule has 6 nitrogen and oxygen atoms in total. The molecule has 1 saturated carbocycles. The Morgan fingerprint density at radius 3 is 2.78 bits per heavy atom. The average molecular weight is 316 g/mol. The number of nitrogens with zero attached hydrogens (tertiary/aromatic N) is 1. The van der Waals surface area contributed by atoms with E-state index in [2.05, 4.69) is 5.32 Å². The fraction of sp³-hybridized carbons (Fsp3) is 0.412. The highest BCUT2D eigenvalue weighted by Crippen LogP contribution is 2.22. The van der Waals surface area contributed by atoms with Crippen molar-refractivity contribution in [3.05, 3.63) is 35.5 Å². The molecule has 122 valence electrons. The molecular weight excluding hydrogens is 296 g/mol. The molecule has 1 aromatic rings. The van der Waals surface area contributed by atoms with Crippen molar-refractivity contribution in [1.29, 1.82) is 0 Å². The molecule has 0 unspecified atom stereocenters. The molecule has 1 aliphatic heterocycles. The van der Waals surface area contributed by atoms with Crippen molar-refractivity contribution in [2.24, 2.45) is 0 Å². The van der Waals surface area contributed by atoms with Gasteiger partial charge in [-0.3, -0.25) is 15.0 Å². The highest BCUT2D eigenvalue weighted by Gasteiger charge is 2.29. The average Bonchev–Trinajstić information content (AvgIpc) is 3.12. The van der Waals surface area contributed by atoms with Crippen LogP contribution in [0, 0.1) is 0 Å². The van der Waals surface area contributed by atoms with Gasteiger partial charge in [-0.2, -0.15) is 0 Å². The third-order valence-corrected chi connectivity index (χ3v) is 4.11. The Morgan fingerprint density at radius 2 is 2.09 bits per heavy atom. The van der Waals surface area contributed by atoms with Crippen LogP contribution < -0.4 is 10.1 Å². The van der Waals surface area contributed by atoms with Crippen molar-refractivity contribution >= 4 is 18.0 Å². The van der Waals surface area contributed by atoms with Crippen molar-refractivity contribution in [3.63, 3.8) is 0 Å². The lowest BCUT2D eigenvalue weighted by molar-refractivity contribution is -0.115. The Labute approximate surface area is 135 Å². The summed E-state index contributed by atoms with van der Waals surface area (Å²) in [6.07, 6.45) is 6.62. The molecule has 1 aromatic carbocycles. The van der Waals surface area contributed by atoms with E-state index in [9.17, 15) is 9.59 Å². The molecule has 0 bridgehead atoms. The number of hydrogen-bond donors (Lipinski definition) is 1. The van der Waals surface area contributed by atoms with E-state index in [1.807, 2.05) is 24.3 Å². The van der Waals surface area contributed by atoms with Crippen LogP contribution in [0.4, 0.5) is 4.79 Å². The molecule has 3 rings (SSSR count). The summed E-state index contributed by atoms with van der Waals surface area (Å²) in [6.45, 7) is 0.226. The summed E-state index contributed by atoms with van der Waals surface area (Å²) in [6, 6.07) is 6.92. The Balaban J connectivity index is 1.63. The third-order valence-electron chi connectivity index (χ3n) is 4.11. The molecule has 1 aliphatic carbocycles. The van der Waals surface area contributed by atoms with Gasteiger partial charge < -0.3 is 9.47 Å². The van der Waals surface area contributed by atoms with Gasteiger partial charge in [0.25, 0.3) is 5.91 Å². The van der Waals surface area contributed by atoms with Crippen LogP contribution in [-0.2, 0) is 9.53 Å². The topological polar surface area (TPSA) is 67.9 Å². The predicted molar refractivity (Wildman–Crippen MR) is 84.6 cm³/mol. The predicted octanol–water partition coefficient (Wildman–Crippen LogP) is 2.50. The maximum absolute atomic E-state index is 11.7. The van der Waals surface area contributed by atoms with E-state index >= 15 is 0 Å². The molecule has 0 atom stereocenters. The van der Waals surface area contributed by atoms with Crippen molar-refractivity contribution in [2.75, 3.05) is 13.8 Å². The number of carbonyl (C=O) groups is 2. The number of rotatable bonds is 5. The second kappa shape index (κ2) is 6.83. The first kappa shape index (κ1) is 15.6. The largest absolute Gasteiger partial charge is 0.468 e. The minimum absolute atomic E-state index is 0.226. The summed E-state index contributed by atoms with van der Waals surface area (Å²) >= 11 is 0. The van der Waals surface area contributed by atoms with Crippen LogP contribution in [0.3, 0.4) is 0 Å². The molecule has 23 heavy (non-hydrogen) atoms. The molecule has 1 heterocycles. The molecule has 0 aromatic heterocycles. The van der Waals surface area contributed by atoms with Crippen LogP contribution in [0.25, 0.3) is 6.08 Å². The lowest BCUT2D eigenvalue weighted by Crippen LogP contribution is -2.24. The summed E-state index contributed by atoms with van der Waals surface area (Å²) in [5.41, 5.74) is 1.10. The van der Waals surface area contributed by atoms with Gasteiger partial charge in [0, 0.05) is 7.05 Å². The van der Waals surface area contributed by atoms with Crippen LogP contribution in [0.15, 0.2) is 30.0 Å². The number of hydrogen-bond acceptors (Lipinski definition) is 4. The number of nitrogens with one attached hydrogen (secondary N) is 1. The van der Waals surface area contributed by atoms with E-state index in [0.717, 1.165) is 18.4 Å². The normalized spacial score (nSPS) is 20.4. The Kier molecular flexibility index (Phi) is 4.62. The van der Waals surface area contributed by atoms with Gasteiger partial charge >= 0.3 is 6.03 Å². The zero-order valence-electron chi connectivity index (χ0n) is 13.1. The monoisotopic (exact) mass is 316 g/mol. The summed E-state index contributed by atoms with van der Waals surface area (Å²) in [4.78, 5) is 24.4. The zero-order valence-corrected chi connectivity index (χ0v) is 13.1. The standard InChI is InChI=1S/C17H20N2O4/c1-19-15(16(20)18-17(19)21)10-12-5-4-8-14(9-12)23-11-22-13-6-2-3-7-13/h4-5,8-10,13H,2-3,6-7,11H2,1H3,(H,18,20,21)/b15-10-. The number of ether oxygens (including phenoxy) is 2. The van der Waals surface area contributed by atoms with E-state index in [-0.39, 0.29) is 6.79 Å². The van der Waals surface area contributed by atoms with Crippen LogP contribution in [0.5, 0.6) is 5.75 Å². The smallest absolute Gasteiger partial charge is 0.328 e. The van der Waals surface area contributed by atoms with E-state index in [0.29, 0.717) is 17.6 Å². The number of urea groups is 1. The van der Waals surface area contributed by atoms with Crippen molar-refractivity contribution in [2.45, 2.75) is 31.8 Å². The van der Waals surface area contributed by atoms with Crippen molar-refractivity contribution < 1.29 is 19.1 Å². The quantitative estimate of drug-likeness (QED) is 0.515. The summed E-state index contributed by atoms with van der Waals surface area (Å²) in [5.74, 6) is 0.276. The van der Waals surface area contributed by atoms with Gasteiger partial charge in [0.05, 0.1) is 6.10 Å². The third kappa shape index (κ3) is 3.71. The number of amides is 3. The van der Waals surface area contributed by atoms with Gasteiger partial charge in [-0.05, 0) is 36.6 Å². The maximum Gasteiger partial charge on any atom is 0.328 e. The maximum atomic E-state index is 11.7. The highest BCUT2D eigenvalue weighted by molar-refractivity contribution is 6.13. The molecule has 0 spiro atoms. The summed E-state index contributed by atoms with van der Waals surface area (Å²) < 4.78 is 11.3. The van der Waals surface area contributed by atoms with E-state index in [1.54, 1.807) is 13.1 Å². The fourth-order valence-corrected chi connectivity index (χ4v) is 2.77. The fourth-order valence-electron chi connectivity index (χ4n) is 2.77. The van der Waals surface area contributed by atoms with E-state index < -0.39 is 11.9 Å². The first-order valence-corrected chi connectivity index (χ1v) is 7.79. The second-order valence-corrected chi connectivity index (χ2v) is 5.76. The second-order valence-electron chi connectivity index (χ2n) is 5.76. The number of benzene rings is 1. The molecule has 1 N–H and O–H groups in total. The Bertz CT molecular complexity index is 635. The van der Waals surface area contributed by atoms with Crippen molar-refractivity contribution in [3.8, 4) is 5.75 Å². The molecule has 0 radical (unpaired) electrons. The molecule has 1 saturated heterocycles. The molecule has 6 heteroatoms. The zero-order chi connectivity index (χ0) is 16.2. The SMILES string of the molecule is CN1C(=O)NC(=O)/C1=C/c1cccc(OCOC2CCCC2)c1. The summed E-state index contributed by atoms with van der Waals surface area (Å²) in [7, 11) is 1.56. The highest BCUT2D eigenvalue weighted by atomic mass is 16.7. The Hall–Kier alpha value is -2.34. The van der Waals surface area contributed by atoms with Gasteiger partial charge in [-0.25, -0.2) is 4.79 Å². The van der Waals surface area contributed by atoms with Crippen LogP contribution >= 0.6 is 0 Å².